The van der Waals surface area contributed by atoms with E-state index in [4.69, 9.17) is 4.74 Å². The number of nitrogens with one attached hydrogen (secondary N) is 1. The van der Waals surface area contributed by atoms with E-state index in [0.29, 0.717) is 12.2 Å². The summed E-state index contributed by atoms with van der Waals surface area (Å²) < 4.78 is 5.19. The second-order valence-corrected chi connectivity index (χ2v) is 5.33. The van der Waals surface area contributed by atoms with Gasteiger partial charge in [-0.1, -0.05) is 60.7 Å². The van der Waals surface area contributed by atoms with Crippen molar-refractivity contribution in [2.24, 2.45) is 0 Å². The molecule has 0 fully saturated rings. The van der Waals surface area contributed by atoms with E-state index in [9.17, 15) is 4.79 Å². The van der Waals surface area contributed by atoms with Crippen molar-refractivity contribution in [2.75, 3.05) is 6.61 Å². The van der Waals surface area contributed by atoms with Gasteiger partial charge in [0.25, 0.3) is 0 Å². The summed E-state index contributed by atoms with van der Waals surface area (Å²) in [5, 5.41) is 0. The van der Waals surface area contributed by atoms with Gasteiger partial charge in [-0.3, -0.25) is 0 Å². The molecule has 0 saturated carbocycles. The highest BCUT2D eigenvalue weighted by Gasteiger charge is 2.17. The van der Waals surface area contributed by atoms with E-state index in [-0.39, 0.29) is 5.97 Å². The second kappa shape index (κ2) is 6.97. The minimum absolute atomic E-state index is 0.290. The summed E-state index contributed by atoms with van der Waals surface area (Å²) in [6, 6.07) is 21.9. The number of carbonyl (C=O) groups excluding carboxylic acids is 1. The summed E-state index contributed by atoms with van der Waals surface area (Å²) in [6.07, 6.45) is 0.750. The molecule has 0 spiro atoms. The van der Waals surface area contributed by atoms with Crippen molar-refractivity contribution in [3.8, 4) is 11.3 Å². The largest absolute Gasteiger partial charge is 0.462 e. The molecule has 0 aliphatic rings. The number of ether oxygens (including phenoxy) is 1. The summed E-state index contributed by atoms with van der Waals surface area (Å²) in [5.74, 6) is -0.290. The fourth-order valence-electron chi connectivity index (χ4n) is 2.62. The van der Waals surface area contributed by atoms with Crippen LogP contribution in [0.2, 0.25) is 0 Å². The van der Waals surface area contributed by atoms with Crippen LogP contribution in [0.15, 0.2) is 66.7 Å². The molecule has 0 saturated heterocycles. The zero-order chi connectivity index (χ0) is 16.1. The third-order valence-corrected chi connectivity index (χ3v) is 3.67. The predicted molar refractivity (Wildman–Crippen MR) is 91.4 cm³/mol. The first-order chi connectivity index (χ1) is 11.3. The van der Waals surface area contributed by atoms with Gasteiger partial charge in [0.15, 0.2) is 0 Å². The van der Waals surface area contributed by atoms with Gasteiger partial charge in [0.2, 0.25) is 0 Å². The molecule has 1 heterocycles. The van der Waals surface area contributed by atoms with Crippen molar-refractivity contribution in [3.05, 3.63) is 83.6 Å². The van der Waals surface area contributed by atoms with E-state index in [2.05, 4.69) is 17.1 Å². The van der Waals surface area contributed by atoms with Crippen LogP contribution in [-0.4, -0.2) is 17.6 Å². The van der Waals surface area contributed by atoms with Gasteiger partial charge in [-0.15, -0.1) is 0 Å². The van der Waals surface area contributed by atoms with Gasteiger partial charge >= 0.3 is 5.97 Å². The van der Waals surface area contributed by atoms with E-state index in [1.165, 1.54) is 5.56 Å². The van der Waals surface area contributed by atoms with Crippen LogP contribution >= 0.6 is 0 Å². The number of benzene rings is 2. The van der Waals surface area contributed by atoms with Crippen molar-refractivity contribution in [1.82, 2.24) is 4.98 Å². The molecule has 3 rings (SSSR count). The average molecular weight is 305 g/mol. The number of aromatic amines is 1. The second-order valence-electron chi connectivity index (χ2n) is 5.33. The summed E-state index contributed by atoms with van der Waals surface area (Å²) in [4.78, 5) is 15.6. The number of rotatable bonds is 5. The Morgan fingerprint density at radius 3 is 2.30 bits per heavy atom. The molecule has 116 valence electrons. The molecule has 0 unspecified atom stereocenters. The molecule has 1 aromatic heterocycles. The smallest absolute Gasteiger partial charge is 0.340 e. The highest BCUT2D eigenvalue weighted by Crippen LogP contribution is 2.25. The molecular formula is C20H19NO2. The Hall–Kier alpha value is -2.81. The minimum atomic E-state index is -0.290. The SMILES string of the molecule is CCOC(=O)c1cc(Cc2ccccc2)[nH]c1-c1ccccc1. The summed E-state index contributed by atoms with van der Waals surface area (Å²) in [5.41, 5.74) is 4.58. The average Bonchev–Trinajstić information content (AvgIpc) is 3.01. The maximum atomic E-state index is 12.3. The first-order valence-electron chi connectivity index (χ1n) is 7.76. The number of esters is 1. The normalized spacial score (nSPS) is 10.5. The lowest BCUT2D eigenvalue weighted by Gasteiger charge is -2.03. The molecule has 23 heavy (non-hydrogen) atoms. The third-order valence-electron chi connectivity index (χ3n) is 3.67. The summed E-state index contributed by atoms with van der Waals surface area (Å²) >= 11 is 0. The predicted octanol–water partition coefficient (Wildman–Crippen LogP) is 4.45. The molecular weight excluding hydrogens is 286 g/mol. The van der Waals surface area contributed by atoms with Gasteiger partial charge in [0, 0.05) is 12.1 Å². The fourth-order valence-corrected chi connectivity index (χ4v) is 2.62. The van der Waals surface area contributed by atoms with E-state index < -0.39 is 0 Å². The number of hydrogen-bond donors (Lipinski definition) is 1. The Morgan fingerprint density at radius 2 is 1.65 bits per heavy atom. The molecule has 0 radical (unpaired) electrons. The van der Waals surface area contributed by atoms with Crippen LogP contribution in [0.1, 0.15) is 28.5 Å². The van der Waals surface area contributed by atoms with Gasteiger partial charge in [0.1, 0.15) is 0 Å². The number of aromatic nitrogens is 1. The van der Waals surface area contributed by atoms with Crippen LogP contribution in [0.4, 0.5) is 0 Å². The molecule has 0 bridgehead atoms. The van der Waals surface area contributed by atoms with E-state index in [0.717, 1.165) is 23.4 Å². The van der Waals surface area contributed by atoms with E-state index >= 15 is 0 Å². The third kappa shape index (κ3) is 3.51. The fraction of sp³-hybridized carbons (Fsp3) is 0.150. The molecule has 3 aromatic rings. The Labute approximate surface area is 135 Å². The maximum absolute atomic E-state index is 12.3. The van der Waals surface area contributed by atoms with Gasteiger partial charge < -0.3 is 9.72 Å². The number of hydrogen-bond acceptors (Lipinski definition) is 2. The standard InChI is InChI=1S/C20H19NO2/c1-2-23-20(22)18-14-17(13-15-9-5-3-6-10-15)21-19(18)16-11-7-4-8-12-16/h3-12,14,21H,2,13H2,1H3. The lowest BCUT2D eigenvalue weighted by atomic mass is 10.1. The Kier molecular flexibility index (Phi) is 4.57. The van der Waals surface area contributed by atoms with Crippen molar-refractivity contribution >= 4 is 5.97 Å². The molecule has 0 aliphatic carbocycles. The summed E-state index contributed by atoms with van der Waals surface area (Å²) in [7, 11) is 0. The van der Waals surface area contributed by atoms with Crippen molar-refractivity contribution in [1.29, 1.82) is 0 Å². The van der Waals surface area contributed by atoms with Gasteiger partial charge in [-0.05, 0) is 24.1 Å². The van der Waals surface area contributed by atoms with Crippen LogP contribution < -0.4 is 0 Å². The quantitative estimate of drug-likeness (QED) is 0.708. The van der Waals surface area contributed by atoms with Crippen LogP contribution in [0.3, 0.4) is 0 Å². The van der Waals surface area contributed by atoms with Crippen LogP contribution in [0, 0.1) is 0 Å². The topological polar surface area (TPSA) is 42.1 Å². The Balaban J connectivity index is 1.98. The van der Waals surface area contributed by atoms with Crippen molar-refractivity contribution < 1.29 is 9.53 Å². The minimum Gasteiger partial charge on any atom is -0.462 e. The summed E-state index contributed by atoms with van der Waals surface area (Å²) in [6.45, 7) is 2.18. The molecule has 3 nitrogen and oxygen atoms in total. The molecule has 1 N–H and O–H groups in total. The highest BCUT2D eigenvalue weighted by atomic mass is 16.5. The molecule has 3 heteroatoms. The molecule has 2 aromatic carbocycles. The van der Waals surface area contributed by atoms with Gasteiger partial charge in [-0.25, -0.2) is 4.79 Å². The zero-order valence-electron chi connectivity index (χ0n) is 13.1. The molecule has 0 atom stereocenters. The number of H-pyrrole nitrogens is 1. The van der Waals surface area contributed by atoms with Crippen LogP contribution in [0.25, 0.3) is 11.3 Å². The highest BCUT2D eigenvalue weighted by molar-refractivity contribution is 5.96. The molecule has 0 aliphatic heterocycles. The number of carbonyl (C=O) groups is 1. The Morgan fingerprint density at radius 1 is 1.00 bits per heavy atom. The maximum Gasteiger partial charge on any atom is 0.340 e. The van der Waals surface area contributed by atoms with Crippen molar-refractivity contribution in [2.45, 2.75) is 13.3 Å². The van der Waals surface area contributed by atoms with E-state index in [1.807, 2.05) is 61.5 Å². The van der Waals surface area contributed by atoms with Gasteiger partial charge in [-0.2, -0.15) is 0 Å². The first-order valence-corrected chi connectivity index (χ1v) is 7.76. The first kappa shape index (κ1) is 15.1. The van der Waals surface area contributed by atoms with Crippen LogP contribution in [-0.2, 0) is 11.2 Å². The lowest BCUT2D eigenvalue weighted by molar-refractivity contribution is 0.0527. The lowest BCUT2D eigenvalue weighted by Crippen LogP contribution is -2.04. The van der Waals surface area contributed by atoms with Gasteiger partial charge in [0.05, 0.1) is 17.9 Å². The molecule has 0 amide bonds. The van der Waals surface area contributed by atoms with Crippen molar-refractivity contribution in [3.63, 3.8) is 0 Å². The Bertz CT molecular complexity index is 776. The van der Waals surface area contributed by atoms with Crippen LogP contribution in [0.5, 0.6) is 0 Å². The van der Waals surface area contributed by atoms with E-state index in [1.54, 1.807) is 0 Å². The zero-order valence-corrected chi connectivity index (χ0v) is 13.1. The monoisotopic (exact) mass is 305 g/mol.